The molecule has 0 aliphatic carbocycles. The zero-order valence-corrected chi connectivity index (χ0v) is 14.2. The fourth-order valence-electron chi connectivity index (χ4n) is 2.78. The van der Waals surface area contributed by atoms with Crippen molar-refractivity contribution >= 4 is 11.6 Å². The van der Waals surface area contributed by atoms with E-state index in [-0.39, 0.29) is 6.61 Å². The lowest BCUT2D eigenvalue weighted by molar-refractivity contribution is 0.0630. The van der Waals surface area contributed by atoms with E-state index in [4.69, 9.17) is 21.1 Å². The summed E-state index contributed by atoms with van der Waals surface area (Å²) in [6.45, 7) is 2.25. The van der Waals surface area contributed by atoms with Gasteiger partial charge in [0.25, 0.3) is 0 Å². The molecule has 1 unspecified atom stereocenters. The van der Waals surface area contributed by atoms with Gasteiger partial charge in [-0.3, -0.25) is 4.90 Å². The maximum Gasteiger partial charge on any atom is 0.220 e. The smallest absolute Gasteiger partial charge is 0.220 e. The Bertz CT molecular complexity index is 667. The highest BCUT2D eigenvalue weighted by molar-refractivity contribution is 6.30. The number of halogens is 1. The number of β-amino-alcohol motifs (C(OH)–C–C–N with tert-alkyl or cyclic N) is 1. The number of aliphatic hydroxyl groups is 1. The molecule has 2 heterocycles. The second-order valence-corrected chi connectivity index (χ2v) is 6.15. The van der Waals surface area contributed by atoms with Gasteiger partial charge in [-0.2, -0.15) is 0 Å². The van der Waals surface area contributed by atoms with Gasteiger partial charge in [-0.05, 0) is 24.3 Å². The minimum Gasteiger partial charge on any atom is -0.491 e. The monoisotopic (exact) mass is 349 g/mol. The minimum absolute atomic E-state index is 0.230. The lowest BCUT2D eigenvalue weighted by atomic mass is 10.1. The summed E-state index contributed by atoms with van der Waals surface area (Å²) in [6, 6.07) is 7.09. The largest absolute Gasteiger partial charge is 0.491 e. The molecular formula is C17H20ClN3O3. The molecule has 1 aliphatic heterocycles. The van der Waals surface area contributed by atoms with E-state index in [9.17, 15) is 5.11 Å². The molecule has 1 aliphatic rings. The van der Waals surface area contributed by atoms with Crippen molar-refractivity contribution < 1.29 is 14.6 Å². The molecule has 1 aromatic carbocycles. The Kier molecular flexibility index (Phi) is 5.50. The quantitative estimate of drug-likeness (QED) is 0.859. The lowest BCUT2D eigenvalue weighted by Crippen LogP contribution is -2.39. The second kappa shape index (κ2) is 7.79. The molecule has 3 rings (SSSR count). The van der Waals surface area contributed by atoms with Crippen molar-refractivity contribution in [2.45, 2.75) is 19.1 Å². The molecule has 0 saturated carbocycles. The molecule has 1 atom stereocenters. The fourth-order valence-corrected chi connectivity index (χ4v) is 2.90. The highest BCUT2D eigenvalue weighted by Crippen LogP contribution is 2.24. The van der Waals surface area contributed by atoms with Gasteiger partial charge in [-0.25, -0.2) is 9.97 Å². The molecule has 128 valence electrons. The number of benzene rings is 1. The van der Waals surface area contributed by atoms with Crippen LogP contribution in [0.2, 0.25) is 5.02 Å². The summed E-state index contributed by atoms with van der Waals surface area (Å²) in [5.41, 5.74) is 2.02. The third-order valence-electron chi connectivity index (χ3n) is 3.96. The van der Waals surface area contributed by atoms with E-state index in [1.165, 1.54) is 6.33 Å². The summed E-state index contributed by atoms with van der Waals surface area (Å²) in [6.07, 6.45) is 1.76. The van der Waals surface area contributed by atoms with E-state index in [0.29, 0.717) is 29.7 Å². The Morgan fingerprint density at radius 3 is 2.83 bits per heavy atom. The molecule has 24 heavy (non-hydrogen) atoms. The average Bonchev–Trinajstić information content (AvgIpc) is 2.60. The number of ether oxygens (including phenoxy) is 2. The van der Waals surface area contributed by atoms with Crippen LogP contribution in [0.15, 0.2) is 30.6 Å². The van der Waals surface area contributed by atoms with Crippen molar-refractivity contribution in [3.63, 3.8) is 0 Å². The van der Waals surface area contributed by atoms with Crippen LogP contribution in [0.1, 0.15) is 11.3 Å². The Balaban J connectivity index is 1.53. The molecule has 0 spiro atoms. The summed E-state index contributed by atoms with van der Waals surface area (Å²) in [5, 5.41) is 10.9. The summed E-state index contributed by atoms with van der Waals surface area (Å²) >= 11 is 5.84. The molecule has 0 bridgehead atoms. The Hall–Kier alpha value is -1.89. The molecule has 1 aromatic heterocycles. The SMILES string of the molecule is COc1ncnc2c1CN(CC(O)COc1ccc(Cl)cc1)CC2. The predicted molar refractivity (Wildman–Crippen MR) is 90.5 cm³/mol. The third-order valence-corrected chi connectivity index (χ3v) is 4.21. The molecule has 1 N–H and O–H groups in total. The van der Waals surface area contributed by atoms with Crippen LogP contribution in [0.4, 0.5) is 0 Å². The van der Waals surface area contributed by atoms with E-state index in [0.717, 1.165) is 24.2 Å². The van der Waals surface area contributed by atoms with Crippen LogP contribution < -0.4 is 9.47 Å². The molecule has 0 radical (unpaired) electrons. The summed E-state index contributed by atoms with van der Waals surface area (Å²) < 4.78 is 10.9. The van der Waals surface area contributed by atoms with Crippen molar-refractivity contribution in [3.8, 4) is 11.6 Å². The second-order valence-electron chi connectivity index (χ2n) is 5.71. The van der Waals surface area contributed by atoms with E-state index in [2.05, 4.69) is 14.9 Å². The first-order chi connectivity index (χ1) is 11.7. The van der Waals surface area contributed by atoms with Crippen molar-refractivity contribution in [1.82, 2.24) is 14.9 Å². The Morgan fingerprint density at radius 2 is 2.08 bits per heavy atom. The number of aromatic nitrogens is 2. The van der Waals surface area contributed by atoms with E-state index < -0.39 is 6.10 Å². The van der Waals surface area contributed by atoms with Crippen molar-refractivity contribution in [2.75, 3.05) is 26.8 Å². The summed E-state index contributed by atoms with van der Waals surface area (Å²) in [4.78, 5) is 10.6. The van der Waals surface area contributed by atoms with Crippen molar-refractivity contribution in [2.24, 2.45) is 0 Å². The first kappa shape index (κ1) is 17.0. The molecule has 0 saturated heterocycles. The number of methoxy groups -OCH3 is 1. The topological polar surface area (TPSA) is 67.7 Å². The number of aliphatic hydroxyl groups excluding tert-OH is 1. The number of rotatable bonds is 6. The standard InChI is InChI=1S/C17H20ClN3O3/c1-23-17-15-9-21(7-6-16(15)19-11-20-17)8-13(22)10-24-14-4-2-12(18)3-5-14/h2-5,11,13,22H,6-10H2,1H3. The third kappa shape index (κ3) is 4.14. The maximum absolute atomic E-state index is 10.2. The molecular weight excluding hydrogens is 330 g/mol. The normalized spacial score (nSPS) is 15.6. The number of hydrogen-bond acceptors (Lipinski definition) is 6. The molecule has 0 fully saturated rings. The number of fused-ring (bicyclic) bond motifs is 1. The van der Waals surface area contributed by atoms with Gasteiger partial charge in [0.1, 0.15) is 24.8 Å². The maximum atomic E-state index is 10.2. The highest BCUT2D eigenvalue weighted by Gasteiger charge is 2.23. The number of nitrogens with zero attached hydrogens (tertiary/aromatic N) is 3. The first-order valence-corrected chi connectivity index (χ1v) is 8.19. The zero-order valence-electron chi connectivity index (χ0n) is 13.5. The summed E-state index contributed by atoms with van der Waals surface area (Å²) in [7, 11) is 1.61. The lowest BCUT2D eigenvalue weighted by Gasteiger charge is -2.30. The minimum atomic E-state index is -0.585. The fraction of sp³-hybridized carbons (Fsp3) is 0.412. The van der Waals surface area contributed by atoms with Gasteiger partial charge in [0.15, 0.2) is 0 Å². The zero-order chi connectivity index (χ0) is 16.9. The molecule has 2 aromatic rings. The van der Waals surface area contributed by atoms with Crippen LogP contribution in [0.5, 0.6) is 11.6 Å². The van der Waals surface area contributed by atoms with Crippen LogP contribution in [0.25, 0.3) is 0 Å². The van der Waals surface area contributed by atoms with Gasteiger partial charge in [-0.1, -0.05) is 11.6 Å². The van der Waals surface area contributed by atoms with Gasteiger partial charge in [0, 0.05) is 36.6 Å². The van der Waals surface area contributed by atoms with Crippen molar-refractivity contribution in [3.05, 3.63) is 46.9 Å². The Morgan fingerprint density at radius 1 is 1.29 bits per heavy atom. The average molecular weight is 350 g/mol. The van der Waals surface area contributed by atoms with E-state index in [1.807, 2.05) is 0 Å². The van der Waals surface area contributed by atoms with E-state index in [1.54, 1.807) is 31.4 Å². The molecule has 0 amide bonds. The summed E-state index contributed by atoms with van der Waals surface area (Å²) in [5.74, 6) is 1.30. The van der Waals surface area contributed by atoms with Crippen LogP contribution in [0.3, 0.4) is 0 Å². The highest BCUT2D eigenvalue weighted by atomic mass is 35.5. The van der Waals surface area contributed by atoms with Crippen LogP contribution in [-0.2, 0) is 13.0 Å². The predicted octanol–water partition coefficient (Wildman–Crippen LogP) is 1.94. The van der Waals surface area contributed by atoms with Crippen LogP contribution >= 0.6 is 11.6 Å². The van der Waals surface area contributed by atoms with Gasteiger partial charge < -0.3 is 14.6 Å². The van der Waals surface area contributed by atoms with Crippen LogP contribution in [0, 0.1) is 0 Å². The molecule has 7 heteroatoms. The van der Waals surface area contributed by atoms with Crippen molar-refractivity contribution in [1.29, 1.82) is 0 Å². The first-order valence-electron chi connectivity index (χ1n) is 7.81. The number of hydrogen-bond donors (Lipinski definition) is 1. The van der Waals surface area contributed by atoms with E-state index >= 15 is 0 Å². The Labute approximate surface area is 146 Å². The van der Waals surface area contributed by atoms with Crippen LogP contribution in [-0.4, -0.2) is 52.9 Å². The van der Waals surface area contributed by atoms with Gasteiger partial charge in [0.2, 0.25) is 5.88 Å². The van der Waals surface area contributed by atoms with Gasteiger partial charge in [-0.15, -0.1) is 0 Å². The van der Waals surface area contributed by atoms with Gasteiger partial charge in [0.05, 0.1) is 12.8 Å². The molecule has 6 nitrogen and oxygen atoms in total. The van der Waals surface area contributed by atoms with Gasteiger partial charge >= 0.3 is 0 Å².